The minimum Gasteiger partial charge on any atom is -0.494 e. The first-order chi connectivity index (χ1) is 15.0. The summed E-state index contributed by atoms with van der Waals surface area (Å²) >= 11 is 0. The van der Waals surface area contributed by atoms with Gasteiger partial charge in [-0.1, -0.05) is 12.1 Å². The van der Waals surface area contributed by atoms with Gasteiger partial charge in [-0.25, -0.2) is 0 Å². The van der Waals surface area contributed by atoms with Crippen molar-refractivity contribution in [1.82, 2.24) is 4.90 Å². The molecule has 2 saturated heterocycles. The molecule has 0 radical (unpaired) electrons. The number of carbonyl (C=O) groups excluding carboxylic acids is 2. The van der Waals surface area contributed by atoms with Crippen molar-refractivity contribution in [2.75, 3.05) is 49.1 Å². The van der Waals surface area contributed by atoms with E-state index in [4.69, 9.17) is 4.74 Å². The second-order valence-electron chi connectivity index (χ2n) is 8.36. The lowest BCUT2D eigenvalue weighted by atomic mass is 10.1. The highest BCUT2D eigenvalue weighted by Gasteiger charge is 2.38. The minimum atomic E-state index is -0.272. The van der Waals surface area contributed by atoms with Gasteiger partial charge in [-0.2, -0.15) is 0 Å². The maximum absolute atomic E-state index is 13.1. The van der Waals surface area contributed by atoms with Crippen LogP contribution >= 0.6 is 0 Å². The first-order valence-corrected chi connectivity index (χ1v) is 11.1. The van der Waals surface area contributed by atoms with E-state index in [1.165, 1.54) is 16.8 Å². The van der Waals surface area contributed by atoms with Gasteiger partial charge in [0.25, 0.3) is 0 Å². The van der Waals surface area contributed by atoms with E-state index >= 15 is 0 Å². The average Bonchev–Trinajstić information content (AvgIpc) is 3.18. The number of amides is 2. The van der Waals surface area contributed by atoms with Crippen molar-refractivity contribution < 1.29 is 14.3 Å². The highest BCUT2D eigenvalue weighted by Crippen LogP contribution is 2.29. The van der Waals surface area contributed by atoms with E-state index in [1.807, 2.05) is 36.1 Å². The van der Waals surface area contributed by atoms with E-state index in [2.05, 4.69) is 36.9 Å². The van der Waals surface area contributed by atoms with E-state index in [0.717, 1.165) is 24.5 Å². The standard InChI is InChI=1S/C25H31N3O3/c1-4-31-22-10-8-21(9-11-22)28-17-20(16-24(28)29)25(30)27-14-12-26(13-15-27)23-7-5-6-18(2)19(23)3/h5-11,20H,4,12-17H2,1-3H3/t20-/m0/s1. The Morgan fingerprint density at radius 3 is 2.42 bits per heavy atom. The van der Waals surface area contributed by atoms with Crippen LogP contribution in [0.3, 0.4) is 0 Å². The largest absolute Gasteiger partial charge is 0.494 e. The molecule has 2 amide bonds. The van der Waals surface area contributed by atoms with Gasteiger partial charge < -0.3 is 19.4 Å². The van der Waals surface area contributed by atoms with Crippen LogP contribution in [0.5, 0.6) is 5.75 Å². The average molecular weight is 422 g/mol. The van der Waals surface area contributed by atoms with Gasteiger partial charge >= 0.3 is 0 Å². The summed E-state index contributed by atoms with van der Waals surface area (Å²) in [5, 5.41) is 0. The Bertz CT molecular complexity index is 949. The van der Waals surface area contributed by atoms with Crippen molar-refractivity contribution in [3.8, 4) is 5.75 Å². The smallest absolute Gasteiger partial charge is 0.228 e. The van der Waals surface area contributed by atoms with Crippen molar-refractivity contribution in [3.63, 3.8) is 0 Å². The summed E-state index contributed by atoms with van der Waals surface area (Å²) < 4.78 is 5.48. The summed E-state index contributed by atoms with van der Waals surface area (Å²) in [6.45, 7) is 10.3. The van der Waals surface area contributed by atoms with Gasteiger partial charge in [0.2, 0.25) is 11.8 Å². The zero-order chi connectivity index (χ0) is 22.0. The molecule has 2 aliphatic rings. The lowest BCUT2D eigenvalue weighted by Gasteiger charge is -2.38. The van der Waals surface area contributed by atoms with Crippen LogP contribution < -0.4 is 14.5 Å². The Morgan fingerprint density at radius 1 is 1.03 bits per heavy atom. The molecule has 1 atom stereocenters. The molecule has 2 aromatic rings. The summed E-state index contributed by atoms with van der Waals surface area (Å²) in [6, 6.07) is 13.9. The first-order valence-electron chi connectivity index (χ1n) is 11.1. The monoisotopic (exact) mass is 421 g/mol. The number of aryl methyl sites for hydroxylation is 1. The fourth-order valence-corrected chi connectivity index (χ4v) is 4.52. The van der Waals surface area contributed by atoms with Crippen molar-refractivity contribution in [1.29, 1.82) is 0 Å². The quantitative estimate of drug-likeness (QED) is 0.743. The highest BCUT2D eigenvalue weighted by molar-refractivity contribution is 6.00. The number of hydrogen-bond donors (Lipinski definition) is 0. The van der Waals surface area contributed by atoms with Crippen molar-refractivity contribution in [2.45, 2.75) is 27.2 Å². The van der Waals surface area contributed by atoms with Crippen LogP contribution in [0.15, 0.2) is 42.5 Å². The third-order valence-electron chi connectivity index (χ3n) is 6.44. The normalized spacial score (nSPS) is 19.1. The van der Waals surface area contributed by atoms with Gasteiger partial charge in [-0.3, -0.25) is 9.59 Å². The predicted octanol–water partition coefficient (Wildman–Crippen LogP) is 3.40. The number of benzene rings is 2. The van der Waals surface area contributed by atoms with E-state index in [0.29, 0.717) is 26.2 Å². The van der Waals surface area contributed by atoms with Gasteiger partial charge in [0.15, 0.2) is 0 Å². The van der Waals surface area contributed by atoms with Crippen LogP contribution in [-0.4, -0.2) is 56.0 Å². The van der Waals surface area contributed by atoms with Crippen LogP contribution in [0.25, 0.3) is 0 Å². The molecular formula is C25H31N3O3. The predicted molar refractivity (Wildman–Crippen MR) is 123 cm³/mol. The first kappa shape index (κ1) is 21.2. The van der Waals surface area contributed by atoms with E-state index in [9.17, 15) is 9.59 Å². The van der Waals surface area contributed by atoms with Crippen LogP contribution in [-0.2, 0) is 9.59 Å². The van der Waals surface area contributed by atoms with Gasteiger partial charge in [-0.05, 0) is 62.2 Å². The molecule has 4 rings (SSSR count). The Kier molecular flexibility index (Phi) is 6.16. The highest BCUT2D eigenvalue weighted by atomic mass is 16.5. The fraction of sp³-hybridized carbons (Fsp3) is 0.440. The number of rotatable bonds is 5. The van der Waals surface area contributed by atoms with Crippen LogP contribution in [0.1, 0.15) is 24.5 Å². The summed E-state index contributed by atoms with van der Waals surface area (Å²) in [5.41, 5.74) is 4.66. The Hall–Kier alpha value is -3.02. The molecule has 2 aliphatic heterocycles. The Labute approximate surface area is 184 Å². The molecule has 31 heavy (non-hydrogen) atoms. The SMILES string of the molecule is CCOc1ccc(N2C[C@@H](C(=O)N3CCN(c4cccc(C)c4C)CC3)CC2=O)cc1. The zero-order valence-corrected chi connectivity index (χ0v) is 18.6. The summed E-state index contributed by atoms with van der Waals surface area (Å²) in [7, 11) is 0. The third kappa shape index (κ3) is 4.38. The lowest BCUT2D eigenvalue weighted by molar-refractivity contribution is -0.136. The number of piperazine rings is 1. The third-order valence-corrected chi connectivity index (χ3v) is 6.44. The Balaban J connectivity index is 1.36. The number of anilines is 2. The van der Waals surface area contributed by atoms with Gasteiger partial charge in [-0.15, -0.1) is 0 Å². The molecule has 0 aromatic heterocycles. The van der Waals surface area contributed by atoms with Gasteiger partial charge in [0.1, 0.15) is 5.75 Å². The molecule has 0 aliphatic carbocycles. The Morgan fingerprint density at radius 2 is 1.74 bits per heavy atom. The molecule has 0 N–H and O–H groups in total. The molecule has 0 unspecified atom stereocenters. The summed E-state index contributed by atoms with van der Waals surface area (Å²) in [4.78, 5) is 31.8. The topological polar surface area (TPSA) is 53.1 Å². The van der Waals surface area contributed by atoms with Crippen LogP contribution in [0, 0.1) is 19.8 Å². The second kappa shape index (κ2) is 9.00. The molecule has 6 nitrogen and oxygen atoms in total. The van der Waals surface area contributed by atoms with Crippen LogP contribution in [0.4, 0.5) is 11.4 Å². The van der Waals surface area contributed by atoms with E-state index in [1.54, 1.807) is 4.90 Å². The molecule has 0 saturated carbocycles. The number of carbonyl (C=O) groups is 2. The molecule has 6 heteroatoms. The molecule has 0 spiro atoms. The van der Waals surface area contributed by atoms with Crippen molar-refractivity contribution in [3.05, 3.63) is 53.6 Å². The van der Waals surface area contributed by atoms with Crippen LogP contribution in [0.2, 0.25) is 0 Å². The lowest BCUT2D eigenvalue weighted by Crippen LogP contribution is -2.51. The molecule has 2 aromatic carbocycles. The number of ether oxygens (including phenoxy) is 1. The van der Waals surface area contributed by atoms with E-state index < -0.39 is 0 Å². The minimum absolute atomic E-state index is 0.0107. The maximum Gasteiger partial charge on any atom is 0.228 e. The second-order valence-corrected chi connectivity index (χ2v) is 8.36. The summed E-state index contributed by atoms with van der Waals surface area (Å²) in [5.74, 6) is 0.623. The van der Waals surface area contributed by atoms with Crippen molar-refractivity contribution in [2.24, 2.45) is 5.92 Å². The molecule has 2 heterocycles. The van der Waals surface area contributed by atoms with Crippen molar-refractivity contribution >= 4 is 23.2 Å². The summed E-state index contributed by atoms with van der Waals surface area (Å²) in [6.07, 6.45) is 0.281. The van der Waals surface area contributed by atoms with Gasteiger partial charge in [0.05, 0.1) is 12.5 Å². The van der Waals surface area contributed by atoms with E-state index in [-0.39, 0.29) is 24.2 Å². The molecule has 0 bridgehead atoms. The molecule has 164 valence electrons. The zero-order valence-electron chi connectivity index (χ0n) is 18.6. The number of nitrogens with zero attached hydrogens (tertiary/aromatic N) is 3. The molecular weight excluding hydrogens is 390 g/mol. The van der Waals surface area contributed by atoms with Gasteiger partial charge in [0, 0.05) is 50.5 Å². The maximum atomic E-state index is 13.1. The fourth-order valence-electron chi connectivity index (χ4n) is 4.52. The number of hydrogen-bond acceptors (Lipinski definition) is 4. The molecule has 2 fully saturated rings.